The topological polar surface area (TPSA) is 41.5 Å². The second kappa shape index (κ2) is 8.18. The van der Waals surface area contributed by atoms with E-state index in [0.29, 0.717) is 0 Å². The molecular formula is C22H24N4O. The van der Waals surface area contributed by atoms with Crippen molar-refractivity contribution < 1.29 is 4.74 Å². The van der Waals surface area contributed by atoms with Crippen LogP contribution in [0.1, 0.15) is 6.92 Å². The molecule has 1 aliphatic rings. The van der Waals surface area contributed by atoms with E-state index in [2.05, 4.69) is 59.2 Å². The number of nitrogens with zero attached hydrogens (tertiary/aromatic N) is 4. The maximum absolute atomic E-state index is 5.51. The summed E-state index contributed by atoms with van der Waals surface area (Å²) >= 11 is 0. The van der Waals surface area contributed by atoms with Gasteiger partial charge in [-0.15, -0.1) is 0 Å². The third kappa shape index (κ3) is 3.93. The fraction of sp³-hybridized carbons (Fsp3) is 0.273. The SMILES string of the molecule is CCN(c1ccccc1)c1cc(N2CCOCC2)nc(-c2ccccc2)n1. The van der Waals surface area contributed by atoms with Crippen molar-refractivity contribution in [3.05, 3.63) is 66.7 Å². The Morgan fingerprint density at radius 2 is 1.59 bits per heavy atom. The van der Waals surface area contributed by atoms with Crippen LogP contribution in [0.3, 0.4) is 0 Å². The first-order chi connectivity index (χ1) is 13.3. The molecule has 1 fully saturated rings. The van der Waals surface area contributed by atoms with E-state index in [-0.39, 0.29) is 0 Å². The number of anilines is 3. The third-order valence-electron chi connectivity index (χ3n) is 4.73. The molecule has 0 saturated carbocycles. The van der Waals surface area contributed by atoms with Crippen molar-refractivity contribution in [3.63, 3.8) is 0 Å². The van der Waals surface area contributed by atoms with Gasteiger partial charge >= 0.3 is 0 Å². The molecule has 0 aliphatic carbocycles. The van der Waals surface area contributed by atoms with Gasteiger partial charge in [-0.25, -0.2) is 9.97 Å². The summed E-state index contributed by atoms with van der Waals surface area (Å²) in [6.07, 6.45) is 0. The van der Waals surface area contributed by atoms with Crippen molar-refractivity contribution in [2.45, 2.75) is 6.92 Å². The van der Waals surface area contributed by atoms with Gasteiger partial charge in [0.05, 0.1) is 13.2 Å². The molecule has 1 aromatic heterocycles. The van der Waals surface area contributed by atoms with Crippen molar-refractivity contribution in [2.75, 3.05) is 42.6 Å². The van der Waals surface area contributed by atoms with E-state index in [1.54, 1.807) is 0 Å². The molecule has 0 amide bonds. The molecule has 1 aliphatic heterocycles. The lowest BCUT2D eigenvalue weighted by atomic mass is 10.2. The molecule has 0 unspecified atom stereocenters. The largest absolute Gasteiger partial charge is 0.378 e. The number of rotatable bonds is 5. The molecule has 3 aromatic rings. The smallest absolute Gasteiger partial charge is 0.163 e. The fourth-order valence-electron chi connectivity index (χ4n) is 3.32. The lowest BCUT2D eigenvalue weighted by Crippen LogP contribution is -2.37. The van der Waals surface area contributed by atoms with Crippen LogP contribution in [-0.4, -0.2) is 42.8 Å². The minimum Gasteiger partial charge on any atom is -0.378 e. The molecule has 0 bridgehead atoms. The van der Waals surface area contributed by atoms with Crippen molar-refractivity contribution in [1.29, 1.82) is 0 Å². The highest BCUT2D eigenvalue weighted by Gasteiger charge is 2.18. The predicted molar refractivity (Wildman–Crippen MR) is 110 cm³/mol. The number of hydrogen-bond acceptors (Lipinski definition) is 5. The van der Waals surface area contributed by atoms with E-state index in [9.17, 15) is 0 Å². The molecule has 0 spiro atoms. The Balaban J connectivity index is 1.79. The van der Waals surface area contributed by atoms with E-state index >= 15 is 0 Å². The number of para-hydroxylation sites is 1. The lowest BCUT2D eigenvalue weighted by molar-refractivity contribution is 0.122. The summed E-state index contributed by atoms with van der Waals surface area (Å²) in [5.74, 6) is 2.62. The monoisotopic (exact) mass is 360 g/mol. The van der Waals surface area contributed by atoms with Gasteiger partial charge in [-0.05, 0) is 19.1 Å². The Bertz CT molecular complexity index is 864. The van der Waals surface area contributed by atoms with E-state index in [1.165, 1.54) is 0 Å². The number of ether oxygens (including phenoxy) is 1. The third-order valence-corrected chi connectivity index (χ3v) is 4.73. The second-order valence-corrected chi connectivity index (χ2v) is 6.45. The maximum Gasteiger partial charge on any atom is 0.163 e. The van der Waals surface area contributed by atoms with Crippen LogP contribution in [0, 0.1) is 0 Å². The Kier molecular flexibility index (Phi) is 5.30. The summed E-state index contributed by atoms with van der Waals surface area (Å²) in [7, 11) is 0. The molecule has 138 valence electrons. The highest BCUT2D eigenvalue weighted by atomic mass is 16.5. The second-order valence-electron chi connectivity index (χ2n) is 6.45. The van der Waals surface area contributed by atoms with Gasteiger partial charge in [-0.2, -0.15) is 0 Å². The summed E-state index contributed by atoms with van der Waals surface area (Å²) in [4.78, 5) is 14.3. The minimum atomic E-state index is 0.732. The van der Waals surface area contributed by atoms with Gasteiger partial charge in [0, 0.05) is 37.0 Å². The van der Waals surface area contributed by atoms with E-state index < -0.39 is 0 Å². The Morgan fingerprint density at radius 3 is 2.26 bits per heavy atom. The maximum atomic E-state index is 5.51. The van der Waals surface area contributed by atoms with Gasteiger partial charge < -0.3 is 14.5 Å². The molecule has 27 heavy (non-hydrogen) atoms. The van der Waals surface area contributed by atoms with Gasteiger partial charge in [0.2, 0.25) is 0 Å². The Hall–Kier alpha value is -2.92. The summed E-state index contributed by atoms with van der Waals surface area (Å²) in [6, 6.07) is 22.6. The summed E-state index contributed by atoms with van der Waals surface area (Å²) in [5.41, 5.74) is 2.16. The lowest BCUT2D eigenvalue weighted by Gasteiger charge is -2.30. The first kappa shape index (κ1) is 17.5. The van der Waals surface area contributed by atoms with E-state index in [1.807, 2.05) is 24.3 Å². The van der Waals surface area contributed by atoms with Gasteiger partial charge in [-0.1, -0.05) is 48.5 Å². The molecule has 5 heteroatoms. The zero-order valence-electron chi connectivity index (χ0n) is 15.6. The molecule has 2 heterocycles. The van der Waals surface area contributed by atoms with Gasteiger partial charge in [0.25, 0.3) is 0 Å². The molecule has 1 saturated heterocycles. The van der Waals surface area contributed by atoms with Crippen molar-refractivity contribution in [3.8, 4) is 11.4 Å². The summed E-state index contributed by atoms with van der Waals surface area (Å²) < 4.78 is 5.51. The van der Waals surface area contributed by atoms with Crippen molar-refractivity contribution in [2.24, 2.45) is 0 Å². The van der Waals surface area contributed by atoms with Crippen LogP contribution in [0.25, 0.3) is 11.4 Å². The summed E-state index contributed by atoms with van der Waals surface area (Å²) in [5, 5.41) is 0. The van der Waals surface area contributed by atoms with Crippen LogP contribution in [0.15, 0.2) is 66.7 Å². The zero-order chi connectivity index (χ0) is 18.5. The fourth-order valence-corrected chi connectivity index (χ4v) is 3.32. The average Bonchev–Trinajstić information content (AvgIpc) is 2.76. The molecule has 5 nitrogen and oxygen atoms in total. The normalized spacial score (nSPS) is 14.2. The standard InChI is InChI=1S/C22H24N4O/c1-2-26(19-11-7-4-8-12-19)21-17-20(25-13-15-27-16-14-25)23-22(24-21)18-9-5-3-6-10-18/h3-12,17H,2,13-16H2,1H3. The van der Waals surface area contributed by atoms with Crippen LogP contribution in [0.4, 0.5) is 17.3 Å². The Morgan fingerprint density at radius 1 is 0.926 bits per heavy atom. The predicted octanol–water partition coefficient (Wildman–Crippen LogP) is 4.14. The van der Waals surface area contributed by atoms with Crippen molar-refractivity contribution in [1.82, 2.24) is 9.97 Å². The number of morpholine rings is 1. The van der Waals surface area contributed by atoms with Crippen LogP contribution in [0.2, 0.25) is 0 Å². The molecule has 2 aromatic carbocycles. The van der Waals surface area contributed by atoms with Crippen LogP contribution < -0.4 is 9.80 Å². The number of benzene rings is 2. The molecule has 0 atom stereocenters. The molecule has 0 N–H and O–H groups in total. The summed E-state index contributed by atoms with van der Waals surface area (Å²) in [6.45, 7) is 6.14. The van der Waals surface area contributed by atoms with Crippen LogP contribution in [0.5, 0.6) is 0 Å². The average molecular weight is 360 g/mol. The highest BCUT2D eigenvalue weighted by molar-refractivity contribution is 5.67. The van der Waals surface area contributed by atoms with Crippen molar-refractivity contribution >= 4 is 17.3 Å². The molecule has 0 radical (unpaired) electrons. The van der Waals surface area contributed by atoms with Gasteiger partial charge in [0.15, 0.2) is 5.82 Å². The van der Waals surface area contributed by atoms with Crippen LogP contribution >= 0.6 is 0 Å². The Labute approximate surface area is 160 Å². The van der Waals surface area contributed by atoms with Crippen LogP contribution in [-0.2, 0) is 4.74 Å². The first-order valence-corrected chi connectivity index (χ1v) is 9.45. The molecule has 4 rings (SSSR count). The minimum absolute atomic E-state index is 0.732. The van der Waals surface area contributed by atoms with Gasteiger partial charge in [0.1, 0.15) is 11.6 Å². The number of aromatic nitrogens is 2. The quantitative estimate of drug-likeness (QED) is 0.684. The first-order valence-electron chi connectivity index (χ1n) is 9.45. The molecular weight excluding hydrogens is 336 g/mol. The van der Waals surface area contributed by atoms with Gasteiger partial charge in [-0.3, -0.25) is 0 Å². The number of hydrogen-bond donors (Lipinski definition) is 0. The zero-order valence-corrected chi connectivity index (χ0v) is 15.6. The van der Waals surface area contributed by atoms with E-state index in [0.717, 1.165) is 61.6 Å². The highest BCUT2D eigenvalue weighted by Crippen LogP contribution is 2.29. The van der Waals surface area contributed by atoms with E-state index in [4.69, 9.17) is 14.7 Å².